The first kappa shape index (κ1) is 22.9. The van der Waals surface area contributed by atoms with Crippen molar-refractivity contribution in [1.29, 1.82) is 0 Å². The first-order chi connectivity index (χ1) is 12.6. The van der Waals surface area contributed by atoms with Crippen molar-refractivity contribution in [3.63, 3.8) is 0 Å². The molecule has 0 aromatic heterocycles. The van der Waals surface area contributed by atoms with Gasteiger partial charge in [0, 0.05) is 11.1 Å². The van der Waals surface area contributed by atoms with Crippen LogP contribution in [0.1, 0.15) is 52.7 Å². The van der Waals surface area contributed by atoms with Gasteiger partial charge in [0.05, 0.1) is 12.1 Å². The van der Waals surface area contributed by atoms with Gasteiger partial charge in [0.1, 0.15) is 13.2 Å². The Bertz CT molecular complexity index is 653. The maximum absolute atomic E-state index is 5.84. The summed E-state index contributed by atoms with van der Waals surface area (Å²) in [5.41, 5.74) is 2.20. The predicted molar refractivity (Wildman–Crippen MR) is 116 cm³/mol. The standard InChI is InChI=1S/C20H28N2O2.2BrH.Ni/c1-19(2,3)15-11-23-17(21-15)13-8-7-9-14(10-13)18-22-16(12-24-18)20(4,5)6;;;/h7-10,15-16H,11-12H2,1-6H3;2*1H;/q;;;+2/p-2. The van der Waals surface area contributed by atoms with Crippen LogP contribution in [0.3, 0.4) is 0 Å². The van der Waals surface area contributed by atoms with E-state index in [4.69, 9.17) is 19.5 Å². The summed E-state index contributed by atoms with van der Waals surface area (Å²) in [7, 11) is 1.25. The SMILES string of the molecule is CC(C)(C)C1COC(c2cccc(C3=NC(C(C)(C)C)CO3)c2)=N1.[Br][Ni][Br]. The monoisotopic (exact) mass is 544 g/mol. The van der Waals surface area contributed by atoms with Crippen molar-refractivity contribution in [2.45, 2.75) is 53.6 Å². The van der Waals surface area contributed by atoms with Crippen molar-refractivity contribution in [1.82, 2.24) is 0 Å². The van der Waals surface area contributed by atoms with Gasteiger partial charge in [-0.05, 0) is 29.0 Å². The van der Waals surface area contributed by atoms with Gasteiger partial charge in [0.25, 0.3) is 0 Å². The van der Waals surface area contributed by atoms with Gasteiger partial charge in [-0.15, -0.1) is 0 Å². The maximum atomic E-state index is 5.84. The van der Waals surface area contributed by atoms with Gasteiger partial charge in [0.2, 0.25) is 11.8 Å². The second-order valence-electron chi connectivity index (χ2n) is 8.88. The first-order valence-electron chi connectivity index (χ1n) is 8.90. The Morgan fingerprint density at radius 3 is 1.52 bits per heavy atom. The molecule has 3 rings (SSSR count). The van der Waals surface area contributed by atoms with Crippen LogP contribution in [-0.2, 0) is 20.4 Å². The fourth-order valence-electron chi connectivity index (χ4n) is 2.74. The molecule has 2 heterocycles. The van der Waals surface area contributed by atoms with Crippen molar-refractivity contribution in [3.8, 4) is 0 Å². The summed E-state index contributed by atoms with van der Waals surface area (Å²) < 4.78 is 11.7. The molecular formula is C20H28Br2N2NiO2. The molecule has 154 valence electrons. The summed E-state index contributed by atoms with van der Waals surface area (Å²) in [6.07, 6.45) is 0. The van der Waals surface area contributed by atoms with Crippen molar-refractivity contribution in [3.05, 3.63) is 35.4 Å². The predicted octanol–water partition coefficient (Wildman–Crippen LogP) is 5.76. The third kappa shape index (κ3) is 6.30. The van der Waals surface area contributed by atoms with Gasteiger partial charge in [0.15, 0.2) is 0 Å². The Hall–Kier alpha value is -0.386. The molecule has 0 saturated carbocycles. The number of hydrogen-bond acceptors (Lipinski definition) is 4. The number of ether oxygens (including phenoxy) is 2. The van der Waals surface area contributed by atoms with Crippen LogP contribution in [0.25, 0.3) is 0 Å². The molecule has 7 heteroatoms. The van der Waals surface area contributed by atoms with E-state index < -0.39 is 0 Å². The number of aliphatic imine (C=N–C) groups is 2. The number of benzene rings is 1. The summed E-state index contributed by atoms with van der Waals surface area (Å²) in [5, 5.41) is 0. The van der Waals surface area contributed by atoms with Crippen LogP contribution in [0, 0.1) is 10.8 Å². The molecule has 0 fully saturated rings. The molecule has 2 unspecified atom stereocenters. The zero-order valence-electron chi connectivity index (χ0n) is 16.7. The molecule has 2 atom stereocenters. The molecule has 0 spiro atoms. The Morgan fingerprint density at radius 1 is 0.852 bits per heavy atom. The van der Waals surface area contributed by atoms with E-state index in [1.165, 1.54) is 10.9 Å². The zero-order valence-corrected chi connectivity index (χ0v) is 20.8. The number of hydrogen-bond donors (Lipinski definition) is 0. The fraction of sp³-hybridized carbons (Fsp3) is 0.600. The van der Waals surface area contributed by atoms with Gasteiger partial charge < -0.3 is 9.47 Å². The van der Waals surface area contributed by atoms with Crippen LogP contribution in [0.5, 0.6) is 0 Å². The molecular weight excluding hydrogens is 519 g/mol. The second-order valence-corrected chi connectivity index (χ2v) is 13.9. The molecule has 0 radical (unpaired) electrons. The Labute approximate surface area is 183 Å². The minimum absolute atomic E-state index is 0.109. The van der Waals surface area contributed by atoms with E-state index in [9.17, 15) is 0 Å². The van der Waals surface area contributed by atoms with Crippen LogP contribution in [0.4, 0.5) is 0 Å². The Morgan fingerprint density at radius 2 is 1.22 bits per heavy atom. The van der Waals surface area contributed by atoms with Crippen LogP contribution in [-0.4, -0.2) is 37.1 Å². The molecule has 0 amide bonds. The van der Waals surface area contributed by atoms with E-state index in [1.54, 1.807) is 0 Å². The average molecular weight is 547 g/mol. The van der Waals surface area contributed by atoms with Crippen LogP contribution >= 0.6 is 28.5 Å². The van der Waals surface area contributed by atoms with Crippen molar-refractivity contribution >= 4 is 40.2 Å². The molecule has 2 aliphatic heterocycles. The third-order valence-corrected chi connectivity index (χ3v) is 4.66. The Balaban J connectivity index is 0.000000817. The number of nitrogens with zero attached hydrogens (tertiary/aromatic N) is 2. The molecule has 4 nitrogen and oxygen atoms in total. The van der Waals surface area contributed by atoms with E-state index >= 15 is 0 Å². The van der Waals surface area contributed by atoms with Gasteiger partial charge in [-0.2, -0.15) is 0 Å². The van der Waals surface area contributed by atoms with E-state index in [0.29, 0.717) is 13.2 Å². The molecule has 1 aromatic rings. The van der Waals surface area contributed by atoms with Gasteiger partial charge in [-0.3, -0.25) is 0 Å². The molecule has 0 saturated heterocycles. The molecule has 0 N–H and O–H groups in total. The number of halogens is 2. The van der Waals surface area contributed by atoms with Crippen LogP contribution < -0.4 is 0 Å². The summed E-state index contributed by atoms with van der Waals surface area (Å²) >= 11 is 6.00. The Kier molecular flexibility index (Phi) is 7.98. The topological polar surface area (TPSA) is 43.2 Å². The molecule has 27 heavy (non-hydrogen) atoms. The zero-order chi connectivity index (χ0) is 20.2. The van der Waals surface area contributed by atoms with Gasteiger partial charge in [-0.1, -0.05) is 47.6 Å². The van der Waals surface area contributed by atoms with E-state index in [1.807, 2.05) is 18.2 Å². The van der Waals surface area contributed by atoms with Crippen molar-refractivity contribution in [2.75, 3.05) is 13.2 Å². The van der Waals surface area contributed by atoms with Crippen LogP contribution in [0.15, 0.2) is 34.3 Å². The van der Waals surface area contributed by atoms with E-state index in [0.717, 1.165) is 22.9 Å². The van der Waals surface area contributed by atoms with Crippen LogP contribution in [0.2, 0.25) is 0 Å². The first-order valence-corrected chi connectivity index (χ1v) is 13.8. The minimum atomic E-state index is 0.109. The third-order valence-electron chi connectivity index (χ3n) is 4.66. The molecule has 0 bridgehead atoms. The van der Waals surface area contributed by atoms with E-state index in [2.05, 4.69) is 76.1 Å². The van der Waals surface area contributed by atoms with E-state index in [-0.39, 0.29) is 22.9 Å². The summed E-state index contributed by atoms with van der Waals surface area (Å²) in [4.78, 5) is 9.53. The number of rotatable bonds is 2. The molecule has 0 aliphatic carbocycles. The molecule has 1 aromatic carbocycles. The van der Waals surface area contributed by atoms with Gasteiger partial charge in [-0.25, -0.2) is 9.98 Å². The summed E-state index contributed by atoms with van der Waals surface area (Å²) in [6, 6.07) is 8.53. The van der Waals surface area contributed by atoms with Gasteiger partial charge >= 0.3 is 39.3 Å². The second kappa shape index (κ2) is 9.41. The normalized spacial score (nSPS) is 22.4. The fourth-order valence-corrected chi connectivity index (χ4v) is 2.74. The van der Waals surface area contributed by atoms with Crippen molar-refractivity contribution in [2.24, 2.45) is 20.8 Å². The quantitative estimate of drug-likeness (QED) is 0.443. The summed E-state index contributed by atoms with van der Waals surface area (Å²) in [5.74, 6) is 1.45. The summed E-state index contributed by atoms with van der Waals surface area (Å²) in [6.45, 7) is 14.4. The van der Waals surface area contributed by atoms with Crippen molar-refractivity contribution < 1.29 is 20.4 Å². The average Bonchev–Trinajstić information content (AvgIpc) is 3.25. The molecule has 2 aliphatic rings.